The van der Waals surface area contributed by atoms with Crippen LogP contribution in [0.5, 0.6) is 0 Å². The fraction of sp³-hybridized carbons (Fsp3) is 0.364. The molecule has 1 atom stereocenters. The van der Waals surface area contributed by atoms with E-state index in [1.54, 1.807) is 24.3 Å². The van der Waals surface area contributed by atoms with Crippen LogP contribution in [-0.4, -0.2) is 35.8 Å². The average Bonchev–Trinajstić information content (AvgIpc) is 2.98. The van der Waals surface area contributed by atoms with Crippen molar-refractivity contribution in [3.05, 3.63) is 65.7 Å². The second kappa shape index (κ2) is 9.33. The first-order valence-corrected chi connectivity index (χ1v) is 9.63. The van der Waals surface area contributed by atoms with Gasteiger partial charge in [0, 0.05) is 24.3 Å². The SMILES string of the molecule is N[C@@H](Cc1ccccc1)C(=O)Nc1ccc(C(=O)N2CCCCCC2)cc1. The van der Waals surface area contributed by atoms with Gasteiger partial charge in [0.05, 0.1) is 6.04 Å². The number of rotatable bonds is 5. The molecule has 3 N–H and O–H groups in total. The molecule has 2 aromatic carbocycles. The van der Waals surface area contributed by atoms with E-state index in [0.717, 1.165) is 31.5 Å². The highest BCUT2D eigenvalue weighted by Gasteiger charge is 2.18. The Hall–Kier alpha value is -2.66. The Labute approximate surface area is 160 Å². The summed E-state index contributed by atoms with van der Waals surface area (Å²) in [6.07, 6.45) is 5.01. The predicted molar refractivity (Wildman–Crippen MR) is 108 cm³/mol. The Bertz CT molecular complexity index is 751. The minimum absolute atomic E-state index is 0.0653. The number of nitrogens with one attached hydrogen (secondary N) is 1. The van der Waals surface area contributed by atoms with Crippen molar-refractivity contribution in [1.29, 1.82) is 0 Å². The quantitative estimate of drug-likeness (QED) is 0.854. The second-order valence-corrected chi connectivity index (χ2v) is 7.07. The summed E-state index contributed by atoms with van der Waals surface area (Å²) >= 11 is 0. The summed E-state index contributed by atoms with van der Waals surface area (Å²) in [6.45, 7) is 1.65. The number of likely N-dealkylation sites (tertiary alicyclic amines) is 1. The van der Waals surface area contributed by atoms with Gasteiger partial charge in [0.25, 0.3) is 5.91 Å². The number of nitrogens with zero attached hydrogens (tertiary/aromatic N) is 1. The molecular weight excluding hydrogens is 338 g/mol. The standard InChI is InChI=1S/C22H27N3O2/c23-20(16-17-8-4-3-5-9-17)21(26)24-19-12-10-18(11-13-19)22(27)25-14-6-1-2-7-15-25/h3-5,8-13,20H,1-2,6-7,14-16,23H2,(H,24,26)/t20-/m0/s1. The molecular formula is C22H27N3O2. The van der Waals surface area contributed by atoms with Gasteiger partial charge in [-0.2, -0.15) is 0 Å². The minimum atomic E-state index is -0.620. The lowest BCUT2D eigenvalue weighted by Crippen LogP contribution is -2.37. The van der Waals surface area contributed by atoms with Crippen molar-refractivity contribution in [1.82, 2.24) is 4.90 Å². The lowest BCUT2D eigenvalue weighted by Gasteiger charge is -2.20. The van der Waals surface area contributed by atoms with Gasteiger partial charge in [-0.15, -0.1) is 0 Å². The fourth-order valence-corrected chi connectivity index (χ4v) is 3.35. The molecule has 5 heteroatoms. The number of hydrogen-bond donors (Lipinski definition) is 2. The summed E-state index contributed by atoms with van der Waals surface area (Å²) in [5.74, 6) is -0.166. The molecule has 1 fully saturated rings. The van der Waals surface area contributed by atoms with Gasteiger partial charge in [0.15, 0.2) is 0 Å². The van der Waals surface area contributed by atoms with E-state index in [-0.39, 0.29) is 11.8 Å². The van der Waals surface area contributed by atoms with Crippen molar-refractivity contribution in [2.24, 2.45) is 5.73 Å². The Kier molecular flexibility index (Phi) is 6.60. The molecule has 0 unspecified atom stereocenters. The van der Waals surface area contributed by atoms with E-state index in [0.29, 0.717) is 17.7 Å². The molecule has 0 aliphatic carbocycles. The third-order valence-electron chi connectivity index (χ3n) is 4.93. The van der Waals surface area contributed by atoms with Gasteiger partial charge in [-0.25, -0.2) is 0 Å². The molecule has 0 saturated carbocycles. The van der Waals surface area contributed by atoms with E-state index in [4.69, 9.17) is 5.73 Å². The number of amides is 2. The van der Waals surface area contributed by atoms with Gasteiger partial charge in [-0.05, 0) is 49.1 Å². The maximum atomic E-state index is 12.6. The highest BCUT2D eigenvalue weighted by atomic mass is 16.2. The van der Waals surface area contributed by atoms with Crippen LogP contribution >= 0.6 is 0 Å². The zero-order chi connectivity index (χ0) is 19.1. The smallest absolute Gasteiger partial charge is 0.253 e. The number of anilines is 1. The topological polar surface area (TPSA) is 75.4 Å². The van der Waals surface area contributed by atoms with E-state index < -0.39 is 6.04 Å². The van der Waals surface area contributed by atoms with Gasteiger partial charge in [0.2, 0.25) is 5.91 Å². The Morgan fingerprint density at radius 2 is 1.56 bits per heavy atom. The highest BCUT2D eigenvalue weighted by molar-refractivity contribution is 5.97. The van der Waals surface area contributed by atoms with Gasteiger partial charge >= 0.3 is 0 Å². The van der Waals surface area contributed by atoms with Crippen molar-refractivity contribution in [2.75, 3.05) is 18.4 Å². The van der Waals surface area contributed by atoms with Crippen molar-refractivity contribution >= 4 is 17.5 Å². The van der Waals surface area contributed by atoms with Crippen molar-refractivity contribution < 1.29 is 9.59 Å². The lowest BCUT2D eigenvalue weighted by atomic mass is 10.1. The highest BCUT2D eigenvalue weighted by Crippen LogP contribution is 2.16. The first-order valence-electron chi connectivity index (χ1n) is 9.63. The number of carbonyl (C=O) groups excluding carboxylic acids is 2. The van der Waals surface area contributed by atoms with Crippen molar-refractivity contribution in [2.45, 2.75) is 38.1 Å². The largest absolute Gasteiger partial charge is 0.339 e. The fourth-order valence-electron chi connectivity index (χ4n) is 3.35. The Balaban J connectivity index is 1.56. The Morgan fingerprint density at radius 1 is 0.926 bits per heavy atom. The molecule has 0 bridgehead atoms. The normalized spacial score (nSPS) is 15.7. The van der Waals surface area contributed by atoms with Crippen molar-refractivity contribution in [3.8, 4) is 0 Å². The van der Waals surface area contributed by atoms with Crippen LogP contribution in [0.3, 0.4) is 0 Å². The zero-order valence-corrected chi connectivity index (χ0v) is 15.6. The van der Waals surface area contributed by atoms with Crippen LogP contribution in [0.15, 0.2) is 54.6 Å². The molecule has 27 heavy (non-hydrogen) atoms. The first kappa shape index (κ1) is 19.1. The van der Waals surface area contributed by atoms with Crippen LogP contribution in [0.4, 0.5) is 5.69 Å². The molecule has 1 aliphatic heterocycles. The summed E-state index contributed by atoms with van der Waals surface area (Å²) in [4.78, 5) is 26.9. The third-order valence-corrected chi connectivity index (χ3v) is 4.93. The molecule has 142 valence electrons. The summed E-state index contributed by atoms with van der Waals surface area (Å²) in [5, 5.41) is 2.83. The van der Waals surface area contributed by atoms with Crippen LogP contribution in [0.1, 0.15) is 41.6 Å². The van der Waals surface area contributed by atoms with Crippen LogP contribution < -0.4 is 11.1 Å². The molecule has 2 amide bonds. The van der Waals surface area contributed by atoms with Crippen molar-refractivity contribution in [3.63, 3.8) is 0 Å². The molecule has 1 saturated heterocycles. The van der Waals surface area contributed by atoms with Crippen LogP contribution in [0.2, 0.25) is 0 Å². The monoisotopic (exact) mass is 365 g/mol. The van der Waals surface area contributed by atoms with E-state index in [2.05, 4.69) is 5.32 Å². The maximum Gasteiger partial charge on any atom is 0.253 e. The average molecular weight is 365 g/mol. The van der Waals surface area contributed by atoms with E-state index in [1.807, 2.05) is 35.2 Å². The number of hydrogen-bond acceptors (Lipinski definition) is 3. The van der Waals surface area contributed by atoms with Gasteiger partial charge in [0.1, 0.15) is 0 Å². The van der Waals surface area contributed by atoms with E-state index in [9.17, 15) is 9.59 Å². The molecule has 0 spiro atoms. The molecule has 2 aromatic rings. The zero-order valence-electron chi connectivity index (χ0n) is 15.6. The van der Waals surface area contributed by atoms with E-state index >= 15 is 0 Å². The van der Waals surface area contributed by atoms with Crippen LogP contribution in [-0.2, 0) is 11.2 Å². The molecule has 1 aliphatic rings. The van der Waals surface area contributed by atoms with Gasteiger partial charge in [-0.1, -0.05) is 43.2 Å². The maximum absolute atomic E-state index is 12.6. The predicted octanol–water partition coefficient (Wildman–Crippen LogP) is 3.21. The minimum Gasteiger partial charge on any atom is -0.339 e. The molecule has 5 nitrogen and oxygen atoms in total. The Morgan fingerprint density at radius 3 is 2.19 bits per heavy atom. The molecule has 3 rings (SSSR count). The number of benzene rings is 2. The molecule has 0 radical (unpaired) electrons. The van der Waals surface area contributed by atoms with Crippen LogP contribution in [0.25, 0.3) is 0 Å². The first-order chi connectivity index (χ1) is 13.1. The molecule has 0 aromatic heterocycles. The summed E-state index contributed by atoms with van der Waals surface area (Å²) in [6, 6.07) is 16.1. The number of carbonyl (C=O) groups is 2. The summed E-state index contributed by atoms with van der Waals surface area (Å²) < 4.78 is 0. The lowest BCUT2D eigenvalue weighted by molar-refractivity contribution is -0.117. The third kappa shape index (κ3) is 5.41. The summed E-state index contributed by atoms with van der Waals surface area (Å²) in [5.41, 5.74) is 8.35. The van der Waals surface area contributed by atoms with Gasteiger partial charge in [-0.3, -0.25) is 9.59 Å². The van der Waals surface area contributed by atoms with Gasteiger partial charge < -0.3 is 16.0 Å². The molecule has 1 heterocycles. The van der Waals surface area contributed by atoms with E-state index in [1.165, 1.54) is 12.8 Å². The second-order valence-electron chi connectivity index (χ2n) is 7.07. The van der Waals surface area contributed by atoms with Crippen LogP contribution in [0, 0.1) is 0 Å². The summed E-state index contributed by atoms with van der Waals surface area (Å²) in [7, 11) is 0. The number of nitrogens with two attached hydrogens (primary N) is 1.